The second kappa shape index (κ2) is 7.49. The van der Waals surface area contributed by atoms with E-state index in [9.17, 15) is 13.2 Å². The van der Waals surface area contributed by atoms with Gasteiger partial charge in [0.15, 0.2) is 9.84 Å². The third-order valence-corrected chi connectivity index (χ3v) is 4.91. The number of hydrogen-bond acceptors (Lipinski definition) is 6. The van der Waals surface area contributed by atoms with Crippen LogP contribution in [0.1, 0.15) is 23.2 Å². The van der Waals surface area contributed by atoms with E-state index in [-0.39, 0.29) is 10.5 Å². The van der Waals surface area contributed by atoms with Crippen molar-refractivity contribution in [3.05, 3.63) is 51.4 Å². The summed E-state index contributed by atoms with van der Waals surface area (Å²) in [5, 5.41) is 13.3. The number of hydrogen-bond donors (Lipinski definition) is 0. The number of nitriles is 1. The van der Waals surface area contributed by atoms with Crippen LogP contribution in [0.4, 0.5) is 0 Å². The Morgan fingerprint density at radius 2 is 1.88 bits per heavy atom. The van der Waals surface area contributed by atoms with Gasteiger partial charge in [0, 0.05) is 19.2 Å². The van der Waals surface area contributed by atoms with Gasteiger partial charge in [0.2, 0.25) is 0 Å². The fourth-order valence-corrected chi connectivity index (χ4v) is 2.87. The fourth-order valence-electron chi connectivity index (χ4n) is 2.24. The SMILES string of the molecule is Cc1nn(CCCOc2ccc(S(C)(=O)=O)cc2)c(=O)c(C#N)c1C. The molecule has 0 spiro atoms. The minimum Gasteiger partial charge on any atom is -0.494 e. The Morgan fingerprint density at radius 3 is 2.44 bits per heavy atom. The summed E-state index contributed by atoms with van der Waals surface area (Å²) in [6.07, 6.45) is 1.67. The average molecular weight is 361 g/mol. The topological polar surface area (TPSA) is 102 Å². The van der Waals surface area contributed by atoms with Crippen molar-refractivity contribution in [2.75, 3.05) is 12.9 Å². The van der Waals surface area contributed by atoms with Crippen LogP contribution in [-0.2, 0) is 16.4 Å². The molecule has 2 rings (SSSR count). The molecule has 0 atom stereocenters. The van der Waals surface area contributed by atoms with Crippen molar-refractivity contribution in [2.45, 2.75) is 31.7 Å². The lowest BCUT2D eigenvalue weighted by Gasteiger charge is -2.10. The molecule has 0 aliphatic heterocycles. The maximum absolute atomic E-state index is 12.1. The quantitative estimate of drug-likeness (QED) is 0.724. The van der Waals surface area contributed by atoms with E-state index in [1.807, 2.05) is 6.07 Å². The normalized spacial score (nSPS) is 11.1. The van der Waals surface area contributed by atoms with E-state index in [0.717, 1.165) is 6.26 Å². The lowest BCUT2D eigenvalue weighted by molar-refractivity contribution is 0.296. The number of aromatic nitrogens is 2. The van der Waals surface area contributed by atoms with Gasteiger partial charge in [-0.3, -0.25) is 4.79 Å². The van der Waals surface area contributed by atoms with Crippen LogP contribution in [-0.4, -0.2) is 31.1 Å². The molecule has 1 heterocycles. The predicted octanol–water partition coefficient (Wildman–Crippen LogP) is 1.60. The van der Waals surface area contributed by atoms with Crippen LogP contribution in [0.15, 0.2) is 34.0 Å². The molecule has 0 unspecified atom stereocenters. The van der Waals surface area contributed by atoms with Gasteiger partial charge in [-0.2, -0.15) is 10.4 Å². The number of benzene rings is 1. The first-order valence-corrected chi connectivity index (χ1v) is 9.54. The number of rotatable bonds is 6. The van der Waals surface area contributed by atoms with E-state index in [1.165, 1.54) is 16.8 Å². The zero-order valence-electron chi connectivity index (χ0n) is 14.3. The first-order valence-electron chi connectivity index (χ1n) is 7.65. The molecule has 0 radical (unpaired) electrons. The Hall–Kier alpha value is -2.66. The minimum atomic E-state index is -3.23. The molecule has 0 aliphatic carbocycles. The summed E-state index contributed by atoms with van der Waals surface area (Å²) in [6.45, 7) is 4.12. The first kappa shape index (κ1) is 18.7. The van der Waals surface area contributed by atoms with E-state index >= 15 is 0 Å². The van der Waals surface area contributed by atoms with Crippen molar-refractivity contribution < 1.29 is 13.2 Å². The van der Waals surface area contributed by atoms with Gasteiger partial charge in [-0.1, -0.05) is 0 Å². The molecule has 0 bridgehead atoms. The number of sulfone groups is 1. The number of nitrogens with zero attached hydrogens (tertiary/aromatic N) is 3. The second-order valence-electron chi connectivity index (χ2n) is 5.67. The Morgan fingerprint density at radius 1 is 1.24 bits per heavy atom. The van der Waals surface area contributed by atoms with Crippen molar-refractivity contribution in [1.82, 2.24) is 9.78 Å². The molecular formula is C17H19N3O4S. The molecule has 2 aromatic rings. The summed E-state index contributed by atoms with van der Waals surface area (Å²) in [5.74, 6) is 0.547. The van der Waals surface area contributed by atoms with Crippen LogP contribution in [0, 0.1) is 25.2 Å². The largest absolute Gasteiger partial charge is 0.494 e. The Labute approximate surface area is 146 Å². The molecule has 0 fully saturated rings. The molecule has 7 nitrogen and oxygen atoms in total. The highest BCUT2D eigenvalue weighted by Gasteiger charge is 2.11. The van der Waals surface area contributed by atoms with Crippen LogP contribution in [0.2, 0.25) is 0 Å². The summed E-state index contributed by atoms with van der Waals surface area (Å²) in [4.78, 5) is 12.4. The first-order chi connectivity index (χ1) is 11.7. The van der Waals surface area contributed by atoms with E-state index in [0.29, 0.717) is 36.6 Å². The van der Waals surface area contributed by atoms with Crippen molar-refractivity contribution in [2.24, 2.45) is 0 Å². The molecule has 0 amide bonds. The summed E-state index contributed by atoms with van der Waals surface area (Å²) in [7, 11) is -3.23. The van der Waals surface area contributed by atoms with E-state index in [4.69, 9.17) is 10.00 Å². The maximum Gasteiger partial charge on any atom is 0.284 e. The molecule has 25 heavy (non-hydrogen) atoms. The van der Waals surface area contributed by atoms with Crippen molar-refractivity contribution in [3.63, 3.8) is 0 Å². The van der Waals surface area contributed by atoms with Crippen molar-refractivity contribution in [3.8, 4) is 11.8 Å². The maximum atomic E-state index is 12.1. The van der Waals surface area contributed by atoms with Gasteiger partial charge < -0.3 is 4.74 Å². The summed E-state index contributed by atoms with van der Waals surface area (Å²) in [6, 6.07) is 8.07. The second-order valence-corrected chi connectivity index (χ2v) is 7.69. The highest BCUT2D eigenvalue weighted by molar-refractivity contribution is 7.90. The van der Waals surface area contributed by atoms with Crippen LogP contribution in [0.3, 0.4) is 0 Å². The Bertz CT molecular complexity index is 971. The highest BCUT2D eigenvalue weighted by Crippen LogP contribution is 2.16. The Kier molecular flexibility index (Phi) is 5.59. The zero-order chi connectivity index (χ0) is 18.6. The standard InChI is InChI=1S/C17H19N3O4S/c1-12-13(2)19-20(17(21)16(12)11-18)9-4-10-24-14-5-7-15(8-6-14)25(3,22)23/h5-8H,4,9-10H2,1-3H3. The lowest BCUT2D eigenvalue weighted by atomic mass is 10.1. The molecule has 0 N–H and O–H groups in total. The summed E-state index contributed by atoms with van der Waals surface area (Å²) in [5.41, 5.74) is 0.965. The Balaban J connectivity index is 1.97. The van der Waals surface area contributed by atoms with Gasteiger partial charge in [-0.05, 0) is 43.7 Å². The molecule has 8 heteroatoms. The van der Waals surface area contributed by atoms with Gasteiger partial charge in [0.1, 0.15) is 17.4 Å². The van der Waals surface area contributed by atoms with Crippen LogP contribution in [0.25, 0.3) is 0 Å². The zero-order valence-corrected chi connectivity index (χ0v) is 15.1. The summed E-state index contributed by atoms with van der Waals surface area (Å²) < 4.78 is 29.6. The van der Waals surface area contributed by atoms with Gasteiger partial charge in [-0.15, -0.1) is 0 Å². The molecule has 1 aromatic heterocycles. The number of aryl methyl sites for hydroxylation is 2. The van der Waals surface area contributed by atoms with Crippen LogP contribution in [0.5, 0.6) is 5.75 Å². The van der Waals surface area contributed by atoms with Gasteiger partial charge in [-0.25, -0.2) is 13.1 Å². The number of ether oxygens (including phenoxy) is 1. The van der Waals surface area contributed by atoms with Crippen molar-refractivity contribution in [1.29, 1.82) is 5.26 Å². The molecule has 1 aromatic carbocycles. The average Bonchev–Trinajstić information content (AvgIpc) is 2.56. The molecular weight excluding hydrogens is 342 g/mol. The van der Waals surface area contributed by atoms with Crippen molar-refractivity contribution >= 4 is 9.84 Å². The van der Waals surface area contributed by atoms with Gasteiger partial charge >= 0.3 is 0 Å². The molecule has 0 saturated carbocycles. The third-order valence-electron chi connectivity index (χ3n) is 3.78. The smallest absolute Gasteiger partial charge is 0.284 e. The molecule has 0 aliphatic rings. The predicted molar refractivity (Wildman–Crippen MR) is 92.3 cm³/mol. The molecule has 0 saturated heterocycles. The van der Waals surface area contributed by atoms with Crippen LogP contribution >= 0.6 is 0 Å². The highest BCUT2D eigenvalue weighted by atomic mass is 32.2. The van der Waals surface area contributed by atoms with Crippen LogP contribution < -0.4 is 10.3 Å². The lowest BCUT2D eigenvalue weighted by Crippen LogP contribution is -2.28. The van der Waals surface area contributed by atoms with E-state index in [1.54, 1.807) is 26.0 Å². The monoisotopic (exact) mass is 361 g/mol. The summed E-state index contributed by atoms with van der Waals surface area (Å²) >= 11 is 0. The fraction of sp³-hybridized carbons (Fsp3) is 0.353. The van der Waals surface area contributed by atoms with Gasteiger partial charge in [0.05, 0.1) is 17.2 Å². The van der Waals surface area contributed by atoms with E-state index in [2.05, 4.69) is 5.10 Å². The third kappa shape index (κ3) is 4.45. The van der Waals surface area contributed by atoms with Gasteiger partial charge in [0.25, 0.3) is 5.56 Å². The minimum absolute atomic E-state index is 0.116. The van der Waals surface area contributed by atoms with E-state index < -0.39 is 15.4 Å². The molecule has 132 valence electrons.